The molecule has 98 valence electrons. The monoisotopic (exact) mass is 318 g/mol. The third kappa shape index (κ3) is 6.00. The first-order valence-electron chi connectivity index (χ1n) is 6.21. The number of hydrogen-bond donors (Lipinski definition) is 2. The molecule has 1 heterocycles. The van der Waals surface area contributed by atoms with E-state index in [1.54, 1.807) is 0 Å². The quantitative estimate of drug-likeness (QED) is 0.720. The molecular formula is C13H23BrN2S. The lowest BCUT2D eigenvalue weighted by atomic mass is 9.96. The van der Waals surface area contributed by atoms with E-state index in [-0.39, 0.29) is 0 Å². The molecule has 0 aliphatic heterocycles. The van der Waals surface area contributed by atoms with Gasteiger partial charge in [-0.3, -0.25) is 0 Å². The van der Waals surface area contributed by atoms with E-state index in [4.69, 9.17) is 0 Å². The van der Waals surface area contributed by atoms with E-state index < -0.39 is 0 Å². The fraction of sp³-hybridized carbons (Fsp3) is 0.692. The molecule has 1 atom stereocenters. The highest BCUT2D eigenvalue weighted by molar-refractivity contribution is 9.10. The number of rotatable bonds is 8. The van der Waals surface area contributed by atoms with Crippen molar-refractivity contribution in [3.63, 3.8) is 0 Å². The summed E-state index contributed by atoms with van der Waals surface area (Å²) in [5.74, 6) is 1.45. The van der Waals surface area contributed by atoms with Crippen LogP contribution in [0.2, 0.25) is 0 Å². The highest BCUT2D eigenvalue weighted by Crippen LogP contribution is 2.19. The molecule has 0 bridgehead atoms. The van der Waals surface area contributed by atoms with Crippen LogP contribution in [0.15, 0.2) is 15.9 Å². The van der Waals surface area contributed by atoms with Gasteiger partial charge in [0.1, 0.15) is 0 Å². The summed E-state index contributed by atoms with van der Waals surface area (Å²) in [5.41, 5.74) is 0. The van der Waals surface area contributed by atoms with Gasteiger partial charge in [0, 0.05) is 14.7 Å². The van der Waals surface area contributed by atoms with Crippen molar-refractivity contribution in [1.29, 1.82) is 0 Å². The molecule has 1 rings (SSSR count). The normalized spacial score (nSPS) is 13.2. The summed E-state index contributed by atoms with van der Waals surface area (Å²) < 4.78 is 1.20. The molecule has 0 aromatic carbocycles. The number of halogens is 1. The van der Waals surface area contributed by atoms with Crippen molar-refractivity contribution in [2.24, 2.45) is 11.8 Å². The van der Waals surface area contributed by atoms with Gasteiger partial charge in [0.05, 0.1) is 0 Å². The minimum Gasteiger partial charge on any atom is -0.319 e. The lowest BCUT2D eigenvalue weighted by Crippen LogP contribution is -2.33. The highest BCUT2D eigenvalue weighted by Gasteiger charge is 2.11. The summed E-state index contributed by atoms with van der Waals surface area (Å²) in [5, 5.41) is 8.97. The van der Waals surface area contributed by atoms with Crippen molar-refractivity contribution in [2.75, 3.05) is 26.7 Å². The zero-order chi connectivity index (χ0) is 12.7. The smallest absolute Gasteiger partial charge is 0.0285 e. The number of thiophene rings is 1. The third-order valence-electron chi connectivity index (χ3n) is 2.99. The predicted molar refractivity (Wildman–Crippen MR) is 80.8 cm³/mol. The second-order valence-electron chi connectivity index (χ2n) is 4.75. The minimum atomic E-state index is 0.718. The van der Waals surface area contributed by atoms with E-state index >= 15 is 0 Å². The summed E-state index contributed by atoms with van der Waals surface area (Å²) in [6, 6.07) is 2.21. The molecule has 1 aromatic heterocycles. The molecule has 1 aromatic rings. The van der Waals surface area contributed by atoms with Gasteiger partial charge in [-0.25, -0.2) is 0 Å². The first-order chi connectivity index (χ1) is 8.13. The van der Waals surface area contributed by atoms with Crippen molar-refractivity contribution >= 4 is 27.3 Å². The average molecular weight is 319 g/mol. The molecule has 0 spiro atoms. The third-order valence-corrected chi connectivity index (χ3v) is 4.74. The Bertz CT molecular complexity index is 312. The van der Waals surface area contributed by atoms with E-state index in [9.17, 15) is 0 Å². The van der Waals surface area contributed by atoms with Crippen LogP contribution in [0, 0.1) is 11.8 Å². The van der Waals surface area contributed by atoms with Gasteiger partial charge in [-0.1, -0.05) is 13.8 Å². The Morgan fingerprint density at radius 1 is 1.35 bits per heavy atom. The van der Waals surface area contributed by atoms with Gasteiger partial charge in [-0.2, -0.15) is 0 Å². The van der Waals surface area contributed by atoms with Gasteiger partial charge in [-0.15, -0.1) is 11.3 Å². The van der Waals surface area contributed by atoms with Crippen LogP contribution >= 0.6 is 27.3 Å². The molecule has 0 saturated heterocycles. The van der Waals surface area contributed by atoms with Gasteiger partial charge < -0.3 is 10.6 Å². The molecule has 0 saturated carbocycles. The van der Waals surface area contributed by atoms with E-state index in [1.807, 2.05) is 18.4 Å². The van der Waals surface area contributed by atoms with E-state index in [1.165, 1.54) is 9.35 Å². The molecule has 0 fully saturated rings. The van der Waals surface area contributed by atoms with Crippen LogP contribution in [0.3, 0.4) is 0 Å². The molecule has 0 aliphatic carbocycles. The molecule has 0 amide bonds. The molecule has 2 nitrogen and oxygen atoms in total. The van der Waals surface area contributed by atoms with Crippen LogP contribution in [0.4, 0.5) is 0 Å². The maximum absolute atomic E-state index is 3.56. The van der Waals surface area contributed by atoms with Gasteiger partial charge in [0.25, 0.3) is 0 Å². The van der Waals surface area contributed by atoms with E-state index in [0.717, 1.165) is 37.9 Å². The van der Waals surface area contributed by atoms with Crippen molar-refractivity contribution in [3.8, 4) is 0 Å². The van der Waals surface area contributed by atoms with Gasteiger partial charge in [0.2, 0.25) is 0 Å². The van der Waals surface area contributed by atoms with Crippen LogP contribution in [0.5, 0.6) is 0 Å². The molecule has 0 radical (unpaired) electrons. The summed E-state index contributed by atoms with van der Waals surface area (Å²) in [4.78, 5) is 1.44. The van der Waals surface area contributed by atoms with Crippen LogP contribution in [-0.4, -0.2) is 26.7 Å². The summed E-state index contributed by atoms with van der Waals surface area (Å²) in [6.07, 6.45) is 1.13. The van der Waals surface area contributed by atoms with Crippen LogP contribution in [0.25, 0.3) is 0 Å². The molecule has 17 heavy (non-hydrogen) atoms. The van der Waals surface area contributed by atoms with Gasteiger partial charge >= 0.3 is 0 Å². The van der Waals surface area contributed by atoms with Gasteiger partial charge in [-0.05, 0) is 66.9 Å². The SMILES string of the molecule is CNCC(CNCCc1cc(Br)cs1)C(C)C. The molecule has 1 unspecified atom stereocenters. The molecular weight excluding hydrogens is 296 g/mol. The Balaban J connectivity index is 2.18. The van der Waals surface area contributed by atoms with Crippen molar-refractivity contribution in [3.05, 3.63) is 20.8 Å². The summed E-state index contributed by atoms with van der Waals surface area (Å²) in [6.45, 7) is 7.85. The second kappa shape index (κ2) is 8.25. The lowest BCUT2D eigenvalue weighted by molar-refractivity contribution is 0.354. The predicted octanol–water partition coefficient (Wildman–Crippen LogP) is 3.13. The maximum Gasteiger partial charge on any atom is 0.0285 e. The molecule has 2 N–H and O–H groups in total. The van der Waals surface area contributed by atoms with Crippen LogP contribution in [-0.2, 0) is 6.42 Å². The second-order valence-corrected chi connectivity index (χ2v) is 6.66. The van der Waals surface area contributed by atoms with Crippen molar-refractivity contribution < 1.29 is 0 Å². The van der Waals surface area contributed by atoms with Crippen LogP contribution in [0.1, 0.15) is 18.7 Å². The Labute approximate surface area is 117 Å². The fourth-order valence-electron chi connectivity index (χ4n) is 1.79. The van der Waals surface area contributed by atoms with E-state index in [2.05, 4.69) is 51.9 Å². The standard InChI is InChI=1S/C13H23BrN2S/c1-10(2)11(7-15-3)8-16-5-4-13-6-12(14)9-17-13/h6,9-11,15-16H,4-5,7-8H2,1-3H3. The topological polar surface area (TPSA) is 24.1 Å². The van der Waals surface area contributed by atoms with Gasteiger partial charge in [0.15, 0.2) is 0 Å². The van der Waals surface area contributed by atoms with E-state index in [0.29, 0.717) is 0 Å². The Morgan fingerprint density at radius 2 is 2.12 bits per heavy atom. The van der Waals surface area contributed by atoms with Crippen molar-refractivity contribution in [2.45, 2.75) is 20.3 Å². The zero-order valence-corrected chi connectivity index (χ0v) is 13.3. The maximum atomic E-state index is 3.56. The number of nitrogens with one attached hydrogen (secondary N) is 2. The van der Waals surface area contributed by atoms with Crippen LogP contribution < -0.4 is 10.6 Å². The lowest BCUT2D eigenvalue weighted by Gasteiger charge is -2.20. The Morgan fingerprint density at radius 3 is 2.65 bits per heavy atom. The largest absolute Gasteiger partial charge is 0.319 e. The molecule has 0 aliphatic rings. The first-order valence-corrected chi connectivity index (χ1v) is 7.89. The summed E-state index contributed by atoms with van der Waals surface area (Å²) in [7, 11) is 2.03. The highest BCUT2D eigenvalue weighted by atomic mass is 79.9. The Hall–Kier alpha value is 0.1000. The first kappa shape index (κ1) is 15.2. The average Bonchev–Trinajstić information content (AvgIpc) is 2.68. The molecule has 4 heteroatoms. The zero-order valence-electron chi connectivity index (χ0n) is 10.9. The summed E-state index contributed by atoms with van der Waals surface area (Å²) >= 11 is 5.31. The fourth-order valence-corrected chi connectivity index (χ4v) is 3.24. The van der Waals surface area contributed by atoms with Crippen molar-refractivity contribution in [1.82, 2.24) is 10.6 Å². The minimum absolute atomic E-state index is 0.718. The Kier molecular flexibility index (Phi) is 7.35. The number of hydrogen-bond acceptors (Lipinski definition) is 3.